The average molecular weight is 347 g/mol. The van der Waals surface area contributed by atoms with Crippen LogP contribution in [-0.2, 0) is 13.5 Å². The lowest BCUT2D eigenvalue weighted by molar-refractivity contribution is 0.357. The van der Waals surface area contributed by atoms with Crippen molar-refractivity contribution in [2.24, 2.45) is 12.8 Å². The molecule has 1 atom stereocenters. The van der Waals surface area contributed by atoms with Crippen molar-refractivity contribution in [3.63, 3.8) is 0 Å². The summed E-state index contributed by atoms with van der Waals surface area (Å²) in [5.41, 5.74) is 7.67. The molecule has 7 heteroatoms. The second-order valence-corrected chi connectivity index (χ2v) is 6.01. The molecule has 0 bridgehead atoms. The molecule has 0 radical (unpaired) electrons. The van der Waals surface area contributed by atoms with Crippen molar-refractivity contribution in [2.45, 2.75) is 25.7 Å². The summed E-state index contributed by atoms with van der Waals surface area (Å²) in [5.74, 6) is -0.866. The normalized spacial score (nSPS) is 16.5. The zero-order valence-corrected chi connectivity index (χ0v) is 14.1. The molecular formula is C17H16ClFN4O. The van der Waals surface area contributed by atoms with Gasteiger partial charge in [0.15, 0.2) is 0 Å². The molecule has 2 heterocycles. The summed E-state index contributed by atoms with van der Waals surface area (Å²) >= 11 is 6.25. The van der Waals surface area contributed by atoms with Gasteiger partial charge in [0.25, 0.3) is 0 Å². The fraction of sp³-hybridized carbons (Fsp3) is 0.294. The highest BCUT2D eigenvalue weighted by atomic mass is 35.5. The predicted octanol–water partition coefficient (Wildman–Crippen LogP) is 3.38. The fourth-order valence-electron chi connectivity index (χ4n) is 3.05. The number of hydrogen-bond acceptors (Lipinski definition) is 4. The Balaban J connectivity index is 2.33. The zero-order valence-electron chi connectivity index (χ0n) is 13.3. The van der Waals surface area contributed by atoms with E-state index >= 15 is 0 Å². The van der Waals surface area contributed by atoms with Gasteiger partial charge in [0.2, 0.25) is 11.8 Å². The fourth-order valence-corrected chi connectivity index (χ4v) is 3.32. The maximum absolute atomic E-state index is 14.6. The molecule has 1 aromatic carbocycles. The van der Waals surface area contributed by atoms with E-state index in [1.807, 2.05) is 13.0 Å². The summed E-state index contributed by atoms with van der Waals surface area (Å²) in [6.45, 7) is 2.02. The molecule has 2 N–H and O–H groups in total. The van der Waals surface area contributed by atoms with Gasteiger partial charge in [-0.25, -0.2) is 9.07 Å². The van der Waals surface area contributed by atoms with Crippen LogP contribution < -0.4 is 10.5 Å². The molecule has 1 aliphatic rings. The molecule has 124 valence electrons. The number of nitrogens with zero attached hydrogens (tertiary/aromatic N) is 3. The average Bonchev–Trinajstić information content (AvgIpc) is 2.83. The molecule has 1 aromatic heterocycles. The van der Waals surface area contributed by atoms with Crippen molar-refractivity contribution in [1.29, 1.82) is 5.26 Å². The van der Waals surface area contributed by atoms with E-state index < -0.39 is 11.7 Å². The number of aromatic nitrogens is 2. The standard InChI is InChI=1S/C17H16ClFN4O/c1-3-5-12-15-13(14-10(18)6-4-7-11(14)19)9(8-20)16(21)24-17(15)23(2)22-12/h4,6-7,13H,3,5,21H2,1-2H3. The number of halogens is 2. The maximum Gasteiger partial charge on any atom is 0.224 e. The third kappa shape index (κ3) is 2.42. The molecule has 0 aliphatic carbocycles. The number of benzene rings is 1. The molecule has 2 aromatic rings. The van der Waals surface area contributed by atoms with Crippen LogP contribution in [0.5, 0.6) is 5.88 Å². The Morgan fingerprint density at radius 1 is 1.46 bits per heavy atom. The second kappa shape index (κ2) is 6.17. The number of fused-ring (bicyclic) bond motifs is 1. The van der Waals surface area contributed by atoms with Crippen LogP contribution in [0.3, 0.4) is 0 Å². The molecular weight excluding hydrogens is 331 g/mol. The van der Waals surface area contributed by atoms with E-state index in [1.165, 1.54) is 12.1 Å². The van der Waals surface area contributed by atoms with Gasteiger partial charge in [-0.05, 0) is 18.6 Å². The molecule has 0 spiro atoms. The van der Waals surface area contributed by atoms with E-state index in [2.05, 4.69) is 5.10 Å². The lowest BCUT2D eigenvalue weighted by Crippen LogP contribution is -2.23. The minimum atomic E-state index is -0.734. The third-order valence-electron chi connectivity index (χ3n) is 4.05. The molecule has 5 nitrogen and oxygen atoms in total. The third-order valence-corrected chi connectivity index (χ3v) is 4.38. The summed E-state index contributed by atoms with van der Waals surface area (Å²) in [6, 6.07) is 6.48. The van der Waals surface area contributed by atoms with E-state index in [0.717, 1.165) is 12.1 Å². The first-order valence-electron chi connectivity index (χ1n) is 7.56. The molecule has 0 fully saturated rings. The molecule has 1 aliphatic heterocycles. The molecule has 0 saturated carbocycles. The molecule has 3 rings (SSSR count). The monoisotopic (exact) mass is 346 g/mol. The quantitative estimate of drug-likeness (QED) is 0.924. The SMILES string of the molecule is CCCc1nn(C)c2c1C(c1c(F)cccc1Cl)C(C#N)=C(N)O2. The molecule has 0 saturated heterocycles. The zero-order chi connectivity index (χ0) is 17.4. The van der Waals surface area contributed by atoms with Crippen LogP contribution in [0.2, 0.25) is 5.02 Å². The molecule has 0 amide bonds. The Kier molecular flexibility index (Phi) is 4.20. The second-order valence-electron chi connectivity index (χ2n) is 5.60. The number of hydrogen-bond donors (Lipinski definition) is 1. The lowest BCUT2D eigenvalue weighted by Gasteiger charge is -2.25. The first-order chi connectivity index (χ1) is 11.5. The number of ether oxygens (including phenoxy) is 1. The van der Waals surface area contributed by atoms with Crippen molar-refractivity contribution in [3.8, 4) is 11.9 Å². The van der Waals surface area contributed by atoms with Crippen LogP contribution >= 0.6 is 11.6 Å². The van der Waals surface area contributed by atoms with E-state index in [-0.39, 0.29) is 22.0 Å². The minimum absolute atomic E-state index is 0.0552. The number of allylic oxidation sites excluding steroid dienone is 1. The van der Waals surface area contributed by atoms with Crippen molar-refractivity contribution in [1.82, 2.24) is 9.78 Å². The minimum Gasteiger partial charge on any atom is -0.422 e. The number of rotatable bonds is 3. The maximum atomic E-state index is 14.6. The van der Waals surface area contributed by atoms with Crippen LogP contribution in [0.4, 0.5) is 4.39 Å². The van der Waals surface area contributed by atoms with Crippen LogP contribution in [0.15, 0.2) is 29.7 Å². The number of nitrogens with two attached hydrogens (primary N) is 1. The Morgan fingerprint density at radius 3 is 2.83 bits per heavy atom. The van der Waals surface area contributed by atoms with Gasteiger partial charge in [-0.15, -0.1) is 0 Å². The van der Waals surface area contributed by atoms with E-state index in [0.29, 0.717) is 17.9 Å². The first-order valence-corrected chi connectivity index (χ1v) is 7.94. The van der Waals surface area contributed by atoms with Gasteiger partial charge in [0.1, 0.15) is 17.5 Å². The summed E-state index contributed by atoms with van der Waals surface area (Å²) in [7, 11) is 1.72. The number of aryl methyl sites for hydroxylation is 2. The topological polar surface area (TPSA) is 76.9 Å². The van der Waals surface area contributed by atoms with Gasteiger partial charge in [0.05, 0.1) is 17.2 Å². The van der Waals surface area contributed by atoms with E-state index in [1.54, 1.807) is 17.8 Å². The smallest absolute Gasteiger partial charge is 0.224 e. The first kappa shape index (κ1) is 16.3. The van der Waals surface area contributed by atoms with Crippen molar-refractivity contribution >= 4 is 11.6 Å². The van der Waals surface area contributed by atoms with Gasteiger partial charge in [-0.3, -0.25) is 0 Å². The van der Waals surface area contributed by atoms with Crippen LogP contribution in [0.1, 0.15) is 36.1 Å². The number of nitriles is 1. The van der Waals surface area contributed by atoms with Crippen LogP contribution in [0.25, 0.3) is 0 Å². The van der Waals surface area contributed by atoms with Gasteiger partial charge in [-0.1, -0.05) is 31.0 Å². The summed E-state index contributed by atoms with van der Waals surface area (Å²) in [4.78, 5) is 0. The molecule has 24 heavy (non-hydrogen) atoms. The summed E-state index contributed by atoms with van der Waals surface area (Å²) in [6.07, 6.45) is 1.52. The highest BCUT2D eigenvalue weighted by Gasteiger charge is 2.38. The molecule has 1 unspecified atom stereocenters. The largest absolute Gasteiger partial charge is 0.422 e. The van der Waals surface area contributed by atoms with Gasteiger partial charge >= 0.3 is 0 Å². The van der Waals surface area contributed by atoms with Crippen LogP contribution in [-0.4, -0.2) is 9.78 Å². The highest BCUT2D eigenvalue weighted by Crippen LogP contribution is 2.46. The Morgan fingerprint density at radius 2 is 2.21 bits per heavy atom. The van der Waals surface area contributed by atoms with Crippen molar-refractivity contribution in [3.05, 3.63) is 57.3 Å². The van der Waals surface area contributed by atoms with Gasteiger partial charge in [-0.2, -0.15) is 10.4 Å². The lowest BCUT2D eigenvalue weighted by atomic mass is 9.83. The summed E-state index contributed by atoms with van der Waals surface area (Å²) < 4.78 is 21.7. The van der Waals surface area contributed by atoms with Crippen LogP contribution in [0, 0.1) is 17.1 Å². The van der Waals surface area contributed by atoms with E-state index in [9.17, 15) is 9.65 Å². The predicted molar refractivity (Wildman–Crippen MR) is 87.9 cm³/mol. The Bertz CT molecular complexity index is 861. The Labute approximate surface area is 144 Å². The Hall–Kier alpha value is -2.52. The van der Waals surface area contributed by atoms with Gasteiger partial charge < -0.3 is 10.5 Å². The van der Waals surface area contributed by atoms with Gasteiger partial charge in [0, 0.05) is 17.6 Å². The van der Waals surface area contributed by atoms with Crippen molar-refractivity contribution < 1.29 is 9.13 Å². The van der Waals surface area contributed by atoms with E-state index in [4.69, 9.17) is 22.1 Å². The van der Waals surface area contributed by atoms with Crippen molar-refractivity contribution in [2.75, 3.05) is 0 Å². The summed E-state index contributed by atoms with van der Waals surface area (Å²) in [5, 5.41) is 14.3. The highest BCUT2D eigenvalue weighted by molar-refractivity contribution is 6.31.